The molecular weight excluding hydrogens is 2010 g/mol. The van der Waals surface area contributed by atoms with Crippen LogP contribution in [0.15, 0.2) is 103 Å². The topological polar surface area (TPSA) is 743 Å². The molecule has 149 heavy (non-hydrogen) atoms. The average molecular weight is 2140 g/mol. The number of phenolic OH excluding ortho intramolecular Hbond substituents is 1. The van der Waals surface area contributed by atoms with Gasteiger partial charge in [-0.2, -0.15) is 23.5 Å². The molecule has 1 aromatic heterocycles. The summed E-state index contributed by atoms with van der Waals surface area (Å²) in [5, 5.41) is 116. The number of carboxylic acids is 5. The van der Waals surface area contributed by atoms with Crippen LogP contribution >= 0.6 is 23.5 Å². The van der Waals surface area contributed by atoms with E-state index in [9.17, 15) is 112 Å². The summed E-state index contributed by atoms with van der Waals surface area (Å²) in [5.74, 6) is -22.4. The van der Waals surface area contributed by atoms with Crippen molar-refractivity contribution < 1.29 is 140 Å². The van der Waals surface area contributed by atoms with E-state index < -0.39 is 233 Å². The molecule has 3 fully saturated rings. The molecule has 814 valence electrons. The summed E-state index contributed by atoms with van der Waals surface area (Å²) < 4.78 is 23.4. The van der Waals surface area contributed by atoms with E-state index in [1.54, 1.807) is 91.8 Å². The fourth-order valence-corrected chi connectivity index (χ4v) is 19.8. The molecule has 0 spiro atoms. The van der Waals surface area contributed by atoms with Crippen LogP contribution in [0.4, 0.5) is 5.69 Å². The number of sulfonamides is 1. The molecule has 24 N–H and O–H groups in total. The van der Waals surface area contributed by atoms with E-state index in [-0.39, 0.29) is 209 Å². The molecule has 5 aromatic rings. The van der Waals surface area contributed by atoms with Crippen LogP contribution in [0, 0.1) is 5.92 Å². The molecule has 5 heterocycles. The lowest BCUT2D eigenvalue weighted by Gasteiger charge is -2.36. The number of phenols is 1. The minimum absolute atomic E-state index is 0.0316. The molecule has 0 aliphatic carbocycles. The van der Waals surface area contributed by atoms with Gasteiger partial charge in [0.2, 0.25) is 92.7 Å². The minimum atomic E-state index is -3.97. The van der Waals surface area contributed by atoms with Gasteiger partial charge in [0.15, 0.2) is 0 Å². The molecule has 4 aromatic carbocycles. The first-order chi connectivity index (χ1) is 70.7. The second kappa shape index (κ2) is 58.4. The third-order valence-corrected chi connectivity index (χ3v) is 28.1. The number of hydrogen-bond acceptors (Lipinski definition) is 31. The van der Waals surface area contributed by atoms with Gasteiger partial charge in [-0.05, 0) is 103 Å². The standard InChI is InChI=1S/C96H133N21O29S3/c1-56(2)38-68-91(139)110-85(57(3)119)95(143)106-71(43-62-45-99-66-15-5-4-14-65(62)66)89(137)107-73(51-118)92(140)108-74(86(97)134)54-147-52-60-11-6-12-61(39-60)53-148-55-75(93(141)102-67(22-23-80(124)125)96(144)117-24-8-16-76(117)94(142)105-72(44-81(126)127)90(138)104-70(88(136)103-68)42-59-10-7-13-63(40-59)100-77(121)17-9-37-149(98,145)146)109-87(135)69(41-58-18-20-64(120)21-19-58)101-78(122)46-111-33-35-116(36-34-111)79(123)47-112-25-27-113(48-82(128)129)29-31-115(50-84(132)133)32-30-114(28-26-112)49-83(130)131/h4-7,10-15,18-21,39-40,45,56-57,67-76,85,99,118-120H,8-9,16-17,22-38,41-44,46-55H2,1-3H3,(H2,97,134)(H,100,121)(H,101,122)(H,102,141)(H,103,136)(H,104,138)(H,105,142)(H,106,143)(H,107,137)(H,108,140)(H,109,135)(H,110,139)(H,124,125)(H,126,127)(H,128,129)(H,130,131)(H,132,133)(H2,98,145,146)/t57-,67+,68+,69+,70+,71+,72+,73+,74+,75+,76-,85+/m1/s1. The van der Waals surface area contributed by atoms with Gasteiger partial charge in [0.25, 0.3) is 0 Å². The summed E-state index contributed by atoms with van der Waals surface area (Å²) >= 11 is 2.19. The number of piperazine rings is 1. The highest BCUT2D eigenvalue weighted by atomic mass is 32.2. The maximum atomic E-state index is 15.4. The molecule has 0 saturated carbocycles. The number of aromatic nitrogens is 1. The molecule has 0 radical (unpaired) electrons. The number of fused-ring (bicyclic) bond motifs is 4. The average Bonchev–Trinajstić information content (AvgIpc) is 1.76. The maximum Gasteiger partial charge on any atom is 0.317 e. The van der Waals surface area contributed by atoms with E-state index >= 15 is 28.8 Å². The predicted octanol–water partition coefficient (Wildman–Crippen LogP) is -5.21. The third-order valence-electron chi connectivity index (χ3n) is 25.1. The van der Waals surface area contributed by atoms with E-state index in [1.807, 2.05) is 0 Å². The van der Waals surface area contributed by atoms with Crippen LogP contribution in [0.25, 0.3) is 10.9 Å². The van der Waals surface area contributed by atoms with Crippen molar-refractivity contribution in [3.05, 3.63) is 131 Å². The number of carbonyl (C=O) groups is 19. The number of anilines is 1. The monoisotopic (exact) mass is 2140 g/mol. The molecule has 53 heteroatoms. The van der Waals surface area contributed by atoms with Crippen LogP contribution in [-0.4, -0.2) is 415 Å². The zero-order chi connectivity index (χ0) is 109. The van der Waals surface area contributed by atoms with Crippen LogP contribution in [-0.2, 0) is 132 Å². The molecule has 3 saturated heterocycles. The maximum absolute atomic E-state index is 15.4. The van der Waals surface area contributed by atoms with Crippen molar-refractivity contribution in [3.8, 4) is 5.75 Å². The predicted molar refractivity (Wildman–Crippen MR) is 541 cm³/mol. The Kier molecular flexibility index (Phi) is 46.7. The Morgan fingerprint density at radius 1 is 0.517 bits per heavy atom. The minimum Gasteiger partial charge on any atom is -0.508 e. The van der Waals surface area contributed by atoms with Crippen molar-refractivity contribution in [3.63, 3.8) is 0 Å². The first-order valence-electron chi connectivity index (χ1n) is 48.6. The Bertz CT molecular complexity index is 5650. The fraction of sp³-hybridized carbons (Fsp3) is 0.531. The third kappa shape index (κ3) is 40.1. The van der Waals surface area contributed by atoms with Gasteiger partial charge in [-0.25, -0.2) is 13.6 Å². The first kappa shape index (κ1) is 119. The number of para-hydroxylation sites is 1. The second-order valence-electron chi connectivity index (χ2n) is 37.4. The molecule has 9 rings (SSSR count). The Labute approximate surface area is 866 Å². The van der Waals surface area contributed by atoms with Gasteiger partial charge in [0.05, 0.1) is 57.6 Å². The number of aliphatic hydroxyl groups excluding tert-OH is 2. The molecule has 0 unspecified atom stereocenters. The van der Waals surface area contributed by atoms with Crippen molar-refractivity contribution in [2.24, 2.45) is 16.8 Å². The zero-order valence-electron chi connectivity index (χ0n) is 82.7. The molecular formula is C96H133N21O29S3. The van der Waals surface area contributed by atoms with Crippen molar-refractivity contribution in [2.75, 3.05) is 147 Å². The van der Waals surface area contributed by atoms with Gasteiger partial charge in [-0.3, -0.25) is 116 Å². The van der Waals surface area contributed by atoms with E-state index in [4.69, 9.17) is 10.9 Å². The number of amides is 14. The smallest absolute Gasteiger partial charge is 0.317 e. The molecule has 4 aliphatic rings. The van der Waals surface area contributed by atoms with E-state index in [1.165, 1.54) is 54.7 Å². The van der Waals surface area contributed by atoms with Crippen LogP contribution in [0.2, 0.25) is 0 Å². The van der Waals surface area contributed by atoms with Crippen molar-refractivity contribution >= 4 is 163 Å². The number of aromatic hydroxyl groups is 1. The van der Waals surface area contributed by atoms with Crippen LogP contribution < -0.4 is 69.4 Å². The molecule has 12 atom stereocenters. The van der Waals surface area contributed by atoms with Crippen molar-refractivity contribution in [2.45, 2.75) is 175 Å². The summed E-state index contributed by atoms with van der Waals surface area (Å²) in [6.45, 7) is 3.04. The quantitative estimate of drug-likeness (QED) is 0.0183. The van der Waals surface area contributed by atoms with E-state index in [2.05, 4.69) is 63.5 Å². The highest BCUT2D eigenvalue weighted by Crippen LogP contribution is 2.26. The number of primary sulfonamides is 1. The van der Waals surface area contributed by atoms with Gasteiger partial charge in [-0.15, -0.1) is 0 Å². The van der Waals surface area contributed by atoms with Crippen LogP contribution in [0.5, 0.6) is 5.75 Å². The van der Waals surface area contributed by atoms with Crippen molar-refractivity contribution in [1.82, 2.24) is 92.5 Å². The summed E-state index contributed by atoms with van der Waals surface area (Å²) in [6, 6.07) is 5.46. The number of nitrogens with two attached hydrogens (primary N) is 2. The Morgan fingerprint density at radius 2 is 1.05 bits per heavy atom. The number of aliphatic hydroxyl groups is 2. The summed E-state index contributed by atoms with van der Waals surface area (Å²) in [7, 11) is -3.97. The Morgan fingerprint density at radius 3 is 1.62 bits per heavy atom. The number of hydrogen-bond donors (Lipinski definition) is 22. The number of H-pyrrole nitrogens is 1. The second-order valence-corrected chi connectivity index (χ2v) is 41.2. The number of aliphatic carboxylic acids is 5. The van der Waals surface area contributed by atoms with Gasteiger partial charge in [0, 0.05) is 163 Å². The lowest BCUT2D eigenvalue weighted by molar-refractivity contribution is -0.145. The summed E-state index contributed by atoms with van der Waals surface area (Å²) in [6.07, 6.45) is -5.14. The zero-order valence-corrected chi connectivity index (χ0v) is 85.2. The normalized spacial score (nSPS) is 22.4. The van der Waals surface area contributed by atoms with Crippen LogP contribution in [0.1, 0.15) is 100.0 Å². The van der Waals surface area contributed by atoms with E-state index in [0.29, 0.717) is 33.2 Å². The Balaban J connectivity index is 1.02. The summed E-state index contributed by atoms with van der Waals surface area (Å²) in [5.41, 5.74) is 8.74. The SMILES string of the molecule is CC(C)C[C@@H]1NC(=O)[C@H](Cc2cccc(NC(=O)CCCS(N)(=O)=O)c2)NC(=O)[C@H](CC(=O)O)NC(=O)[C@H]2CCCN2C(=O)[C@H](CCC(=O)O)NC(=O)[C@@H](NC(=O)[C@H](Cc2ccc(O)cc2)NC(=O)CN2CCN(C(=O)CN3CCN(CC(=O)O)CCN(CC(=O)O)CCN(CC(=O)O)CC3)CC2)CSCc2cccc(c2)CSC[C@@H](C(N)=O)NC(=O)[C@H](CO)NC(=O)[C@H](Cc2c[nH]c3ccccc23)NC(=O)[C@H]([C@@H](C)O)NC1=O. The molecule has 4 aliphatic heterocycles. The molecule has 50 nitrogen and oxygen atoms in total. The number of thioether (sulfide) groups is 2. The number of carbonyl (C=O) groups excluding carboxylic acids is 14. The lowest BCUT2D eigenvalue weighted by atomic mass is 9.99. The molecule has 2 bridgehead atoms. The van der Waals surface area contributed by atoms with E-state index in [0.717, 1.165) is 35.3 Å². The van der Waals surface area contributed by atoms with Crippen LogP contribution in [0.3, 0.4) is 0 Å². The number of aromatic amines is 1. The number of benzene rings is 4. The van der Waals surface area contributed by atoms with Gasteiger partial charge >= 0.3 is 29.8 Å². The Hall–Kier alpha value is -13.5. The largest absolute Gasteiger partial charge is 0.508 e. The fourth-order valence-electron chi connectivity index (χ4n) is 17.3. The summed E-state index contributed by atoms with van der Waals surface area (Å²) in [4.78, 5) is 281. The number of rotatable bonds is 34. The van der Waals surface area contributed by atoms with Gasteiger partial charge in [-0.1, -0.05) is 80.6 Å². The lowest BCUT2D eigenvalue weighted by Crippen LogP contribution is -2.62. The number of carboxylic acid groups (broad SMARTS) is 5. The highest BCUT2D eigenvalue weighted by molar-refractivity contribution is 7.98. The van der Waals surface area contributed by atoms with Gasteiger partial charge in [0.1, 0.15) is 72.2 Å². The molecule has 14 amide bonds. The van der Waals surface area contributed by atoms with Crippen molar-refractivity contribution in [1.29, 1.82) is 0 Å². The van der Waals surface area contributed by atoms with Gasteiger partial charge < -0.3 is 120 Å². The highest BCUT2D eigenvalue weighted by Gasteiger charge is 2.43. The number of nitrogens with one attached hydrogen (secondary N) is 12. The first-order valence-corrected chi connectivity index (χ1v) is 52.6. The number of primary amides is 1. The number of nitrogens with zero attached hydrogens (tertiary/aromatic N) is 7.